The first kappa shape index (κ1) is 13.7. The predicted molar refractivity (Wildman–Crippen MR) is 67.0 cm³/mol. The monoisotopic (exact) mass is 238 g/mol. The number of carbonyl (C=O) groups is 1. The van der Waals surface area contributed by atoms with E-state index < -0.39 is 5.97 Å². The van der Waals surface area contributed by atoms with Crippen LogP contribution in [-0.2, 0) is 11.2 Å². The zero-order valence-electron chi connectivity index (χ0n) is 10.9. The lowest BCUT2D eigenvalue weighted by Crippen LogP contribution is -2.11. The van der Waals surface area contributed by atoms with Crippen molar-refractivity contribution in [2.24, 2.45) is 5.92 Å². The number of aromatic nitrogens is 2. The Bertz CT molecular complexity index is 356. The van der Waals surface area contributed by atoms with Gasteiger partial charge < -0.3 is 5.11 Å². The number of carboxylic acid groups (broad SMARTS) is 1. The summed E-state index contributed by atoms with van der Waals surface area (Å²) in [7, 11) is 0. The third-order valence-electron chi connectivity index (χ3n) is 3.24. The maximum absolute atomic E-state index is 10.7. The average molecular weight is 238 g/mol. The van der Waals surface area contributed by atoms with Gasteiger partial charge in [0.15, 0.2) is 0 Å². The van der Waals surface area contributed by atoms with Gasteiger partial charge >= 0.3 is 5.97 Å². The number of aliphatic carboxylic acids is 1. The summed E-state index contributed by atoms with van der Waals surface area (Å²) in [5.74, 6) is -1.03. The highest BCUT2D eigenvalue weighted by molar-refractivity contribution is 5.69. The lowest BCUT2D eigenvalue weighted by molar-refractivity contribution is -0.141. The number of aryl methyl sites for hydroxylation is 1. The SMILES string of the molecule is CCC(CC)n1ccc(CCC(C)C(=O)O)n1. The summed E-state index contributed by atoms with van der Waals surface area (Å²) in [5, 5.41) is 13.3. The minimum atomic E-state index is -0.732. The standard InChI is InChI=1S/C13H22N2O2/c1-4-12(5-2)15-9-8-11(14-15)7-6-10(3)13(16)17/h8-10,12H,4-7H2,1-3H3,(H,16,17). The summed E-state index contributed by atoms with van der Waals surface area (Å²) < 4.78 is 2.00. The highest BCUT2D eigenvalue weighted by Crippen LogP contribution is 2.15. The van der Waals surface area contributed by atoms with Crippen molar-refractivity contribution in [1.29, 1.82) is 0 Å². The van der Waals surface area contributed by atoms with Gasteiger partial charge in [0.1, 0.15) is 0 Å². The molecule has 0 saturated carbocycles. The van der Waals surface area contributed by atoms with Gasteiger partial charge in [-0.2, -0.15) is 5.10 Å². The fourth-order valence-corrected chi connectivity index (χ4v) is 1.86. The Morgan fingerprint density at radius 1 is 1.47 bits per heavy atom. The lowest BCUT2D eigenvalue weighted by atomic mass is 10.1. The number of hydrogen-bond acceptors (Lipinski definition) is 2. The number of rotatable bonds is 7. The van der Waals surface area contributed by atoms with Crippen LogP contribution >= 0.6 is 0 Å². The van der Waals surface area contributed by atoms with Gasteiger partial charge in [-0.3, -0.25) is 9.48 Å². The summed E-state index contributed by atoms with van der Waals surface area (Å²) in [5.41, 5.74) is 0.991. The molecule has 0 aromatic carbocycles. The molecule has 0 aliphatic heterocycles. The van der Waals surface area contributed by atoms with Gasteiger partial charge in [0, 0.05) is 6.20 Å². The van der Waals surface area contributed by atoms with Crippen LogP contribution in [-0.4, -0.2) is 20.9 Å². The molecule has 4 heteroatoms. The fourth-order valence-electron chi connectivity index (χ4n) is 1.86. The first-order valence-corrected chi connectivity index (χ1v) is 6.35. The molecule has 96 valence electrons. The zero-order chi connectivity index (χ0) is 12.8. The number of hydrogen-bond donors (Lipinski definition) is 1. The van der Waals surface area contributed by atoms with Crippen LogP contribution in [0.2, 0.25) is 0 Å². The third kappa shape index (κ3) is 3.88. The molecule has 0 radical (unpaired) electrons. The average Bonchev–Trinajstić information content (AvgIpc) is 2.76. The van der Waals surface area contributed by atoms with E-state index in [2.05, 4.69) is 18.9 Å². The molecule has 4 nitrogen and oxygen atoms in total. The van der Waals surface area contributed by atoms with Crippen LogP contribution in [0.3, 0.4) is 0 Å². The predicted octanol–water partition coefficient (Wildman–Crippen LogP) is 2.90. The van der Waals surface area contributed by atoms with Crippen molar-refractivity contribution in [3.8, 4) is 0 Å². The van der Waals surface area contributed by atoms with Crippen molar-refractivity contribution in [3.63, 3.8) is 0 Å². The summed E-state index contributed by atoms with van der Waals surface area (Å²) in [6.07, 6.45) is 5.53. The molecule has 1 aromatic rings. The van der Waals surface area contributed by atoms with Gasteiger partial charge in [0.2, 0.25) is 0 Å². The number of nitrogens with zero attached hydrogens (tertiary/aromatic N) is 2. The maximum Gasteiger partial charge on any atom is 0.306 e. The smallest absolute Gasteiger partial charge is 0.306 e. The molecular weight excluding hydrogens is 216 g/mol. The van der Waals surface area contributed by atoms with Crippen molar-refractivity contribution >= 4 is 5.97 Å². The molecule has 0 amide bonds. The summed E-state index contributed by atoms with van der Waals surface area (Å²) in [6.45, 7) is 6.05. The maximum atomic E-state index is 10.7. The fraction of sp³-hybridized carbons (Fsp3) is 0.692. The van der Waals surface area contributed by atoms with Gasteiger partial charge in [-0.25, -0.2) is 0 Å². The number of carboxylic acids is 1. The molecule has 0 saturated heterocycles. The molecule has 0 bridgehead atoms. The molecule has 1 N–H and O–H groups in total. The van der Waals surface area contributed by atoms with E-state index >= 15 is 0 Å². The topological polar surface area (TPSA) is 55.1 Å². The normalized spacial score (nSPS) is 12.9. The van der Waals surface area contributed by atoms with Crippen molar-refractivity contribution in [1.82, 2.24) is 9.78 Å². The Balaban J connectivity index is 2.54. The lowest BCUT2D eigenvalue weighted by Gasteiger charge is -2.12. The quantitative estimate of drug-likeness (QED) is 0.794. The third-order valence-corrected chi connectivity index (χ3v) is 3.24. The minimum Gasteiger partial charge on any atom is -0.481 e. The molecule has 17 heavy (non-hydrogen) atoms. The van der Waals surface area contributed by atoms with Crippen LogP contribution in [0, 0.1) is 5.92 Å². The van der Waals surface area contributed by atoms with Gasteiger partial charge in [-0.1, -0.05) is 20.8 Å². The second-order valence-electron chi connectivity index (χ2n) is 4.54. The van der Waals surface area contributed by atoms with Gasteiger partial charge in [0.05, 0.1) is 17.7 Å². The molecule has 1 aromatic heterocycles. The second kappa shape index (κ2) is 6.42. The van der Waals surface area contributed by atoms with Crippen LogP contribution in [0.15, 0.2) is 12.3 Å². The zero-order valence-corrected chi connectivity index (χ0v) is 10.9. The van der Waals surface area contributed by atoms with Crippen molar-refractivity contribution in [2.45, 2.75) is 52.5 Å². The molecule has 1 heterocycles. The van der Waals surface area contributed by atoms with E-state index in [0.29, 0.717) is 12.5 Å². The largest absolute Gasteiger partial charge is 0.481 e. The second-order valence-corrected chi connectivity index (χ2v) is 4.54. The summed E-state index contributed by atoms with van der Waals surface area (Å²) in [4.78, 5) is 10.7. The van der Waals surface area contributed by atoms with E-state index in [0.717, 1.165) is 25.0 Å². The summed E-state index contributed by atoms with van der Waals surface area (Å²) >= 11 is 0. The molecule has 0 fully saturated rings. The minimum absolute atomic E-state index is 0.298. The molecule has 1 atom stereocenters. The van der Waals surface area contributed by atoms with Crippen molar-refractivity contribution in [3.05, 3.63) is 18.0 Å². The molecule has 1 rings (SSSR count). The molecule has 1 unspecified atom stereocenters. The van der Waals surface area contributed by atoms with E-state index in [1.54, 1.807) is 6.92 Å². The summed E-state index contributed by atoms with van der Waals surface area (Å²) in [6, 6.07) is 2.45. The highest BCUT2D eigenvalue weighted by Gasteiger charge is 2.12. The Labute approximate surface area is 103 Å². The molecule has 0 aliphatic rings. The Morgan fingerprint density at radius 3 is 2.65 bits per heavy atom. The van der Waals surface area contributed by atoms with Crippen molar-refractivity contribution in [2.75, 3.05) is 0 Å². The molecular formula is C13H22N2O2. The first-order chi connectivity index (χ1) is 8.08. The molecule has 0 aliphatic carbocycles. The van der Waals surface area contributed by atoms with E-state index in [1.165, 1.54) is 0 Å². The Hall–Kier alpha value is -1.32. The van der Waals surface area contributed by atoms with Crippen LogP contribution in [0.4, 0.5) is 0 Å². The van der Waals surface area contributed by atoms with Crippen LogP contribution in [0.5, 0.6) is 0 Å². The molecule has 0 spiro atoms. The highest BCUT2D eigenvalue weighted by atomic mass is 16.4. The van der Waals surface area contributed by atoms with Gasteiger partial charge in [0.25, 0.3) is 0 Å². The Morgan fingerprint density at radius 2 is 2.12 bits per heavy atom. The van der Waals surface area contributed by atoms with E-state index in [1.807, 2.05) is 16.9 Å². The van der Waals surface area contributed by atoms with Crippen LogP contribution < -0.4 is 0 Å². The van der Waals surface area contributed by atoms with Gasteiger partial charge in [-0.05, 0) is 31.7 Å². The van der Waals surface area contributed by atoms with Crippen molar-refractivity contribution < 1.29 is 9.90 Å². The van der Waals surface area contributed by atoms with Crippen LogP contribution in [0.1, 0.15) is 51.8 Å². The van der Waals surface area contributed by atoms with Gasteiger partial charge in [-0.15, -0.1) is 0 Å². The first-order valence-electron chi connectivity index (χ1n) is 6.35. The van der Waals surface area contributed by atoms with E-state index in [4.69, 9.17) is 5.11 Å². The van der Waals surface area contributed by atoms with E-state index in [-0.39, 0.29) is 5.92 Å². The van der Waals surface area contributed by atoms with E-state index in [9.17, 15) is 4.79 Å². The van der Waals surface area contributed by atoms with Crippen LogP contribution in [0.25, 0.3) is 0 Å². The Kier molecular flexibility index (Phi) is 5.19.